The fourth-order valence-electron chi connectivity index (χ4n) is 1.89. The zero-order chi connectivity index (χ0) is 15.8. The molecule has 0 radical (unpaired) electrons. The summed E-state index contributed by atoms with van der Waals surface area (Å²) in [7, 11) is 17.5. The minimum absolute atomic E-state index is 0.194. The van der Waals surface area contributed by atoms with Gasteiger partial charge in [0.05, 0.1) is 11.2 Å². The fourth-order valence-corrected chi connectivity index (χ4v) is 1.89. The monoisotopic (exact) mass is 368 g/mol. The van der Waals surface area contributed by atoms with Crippen LogP contribution in [-0.4, -0.2) is 48.9 Å². The first-order chi connectivity index (χ1) is 10.0. The number of rotatable bonds is 1. The molecular weight excluding hydrogens is 351 g/mol. The van der Waals surface area contributed by atoms with E-state index in [-0.39, 0.29) is 13.1 Å². The van der Waals surface area contributed by atoms with Crippen LogP contribution in [0.3, 0.4) is 0 Å². The summed E-state index contributed by atoms with van der Waals surface area (Å²) in [5, 5.41) is 1.11. The van der Waals surface area contributed by atoms with Crippen molar-refractivity contribution in [2.24, 2.45) is 4.99 Å². The molecule has 0 amide bonds. The van der Waals surface area contributed by atoms with Crippen LogP contribution in [-0.2, 0) is 13.1 Å². The Morgan fingerprint density at radius 2 is 1.62 bits per heavy atom. The molecule has 0 fully saturated rings. The van der Waals surface area contributed by atoms with Crippen LogP contribution in [0.15, 0.2) is 41.5 Å². The van der Waals surface area contributed by atoms with E-state index >= 15 is 0 Å². The summed E-state index contributed by atoms with van der Waals surface area (Å²) >= 11 is 0.194. The third-order valence-corrected chi connectivity index (χ3v) is 2.63. The van der Waals surface area contributed by atoms with E-state index in [0.717, 1.165) is 22.5 Å². The van der Waals surface area contributed by atoms with Gasteiger partial charge in [-0.05, 0) is 12.1 Å². The molecule has 0 N–H and O–H groups in total. The van der Waals surface area contributed by atoms with Crippen molar-refractivity contribution < 1.29 is 13.1 Å². The minimum atomic E-state index is 0.194. The molecule has 7 heteroatoms. The average Bonchev–Trinajstić information content (AvgIpc) is 2.45. The number of hydrogen-bond donors (Lipinski definition) is 0. The van der Waals surface area contributed by atoms with Gasteiger partial charge < -0.3 is 9.80 Å². The molecule has 0 aliphatic carbocycles. The van der Waals surface area contributed by atoms with Crippen molar-refractivity contribution in [1.82, 2.24) is 14.8 Å². The van der Waals surface area contributed by atoms with Gasteiger partial charge >= 0.3 is 33.3 Å². The van der Waals surface area contributed by atoms with E-state index in [4.69, 9.17) is 25.2 Å². The molecule has 0 aliphatic rings. The van der Waals surface area contributed by atoms with Gasteiger partial charge in [0, 0.05) is 39.8 Å². The third kappa shape index (κ3) is 5.36. The summed E-state index contributed by atoms with van der Waals surface area (Å²) < 4.78 is 0. The van der Waals surface area contributed by atoms with E-state index in [1.54, 1.807) is 6.20 Å². The fraction of sp³-hybridized carbons (Fsp3) is 0.286. The van der Waals surface area contributed by atoms with Gasteiger partial charge in [0.2, 0.25) is 5.96 Å². The first-order valence-electron chi connectivity index (χ1n) is 6.13. The molecule has 2 rings (SSSR count). The van der Waals surface area contributed by atoms with Gasteiger partial charge in [-0.2, -0.15) is 0 Å². The number of benzene rings is 1. The van der Waals surface area contributed by atoms with Crippen LogP contribution < -0.4 is 0 Å². The van der Waals surface area contributed by atoms with Gasteiger partial charge in [0.1, 0.15) is 0 Å². The van der Waals surface area contributed by atoms with Crippen molar-refractivity contribution in [3.8, 4) is 0 Å². The molecule has 116 valence electrons. The molecule has 0 aliphatic heterocycles. The van der Waals surface area contributed by atoms with Gasteiger partial charge in [-0.1, -0.05) is 18.2 Å². The Labute approximate surface area is 140 Å². The molecular formula is C14H18Cl2FeN4. The third-order valence-electron chi connectivity index (χ3n) is 2.63. The van der Waals surface area contributed by atoms with E-state index < -0.39 is 0 Å². The number of fused-ring (bicyclic) bond motifs is 1. The summed E-state index contributed by atoms with van der Waals surface area (Å²) in [5.74, 6) is 0.896. The predicted molar refractivity (Wildman–Crippen MR) is 87.9 cm³/mol. The Hall–Kier alpha value is -1.00. The van der Waals surface area contributed by atoms with Crippen molar-refractivity contribution in [3.63, 3.8) is 0 Å². The maximum atomic E-state index is 4.76. The molecule has 0 saturated heterocycles. The quantitative estimate of drug-likeness (QED) is 0.436. The second-order valence-electron chi connectivity index (χ2n) is 4.60. The first-order valence-corrected chi connectivity index (χ1v) is 9.17. The van der Waals surface area contributed by atoms with Crippen molar-refractivity contribution in [1.29, 1.82) is 0 Å². The van der Waals surface area contributed by atoms with Crippen LogP contribution >= 0.6 is 20.2 Å². The second-order valence-corrected chi connectivity index (χ2v) is 6.43. The summed E-state index contributed by atoms with van der Waals surface area (Å²) in [6, 6.07) is 10.0. The van der Waals surface area contributed by atoms with Crippen molar-refractivity contribution in [3.05, 3.63) is 36.5 Å². The summed E-state index contributed by atoms with van der Waals surface area (Å²) in [5.41, 5.74) is 1.83. The Bertz CT molecular complexity index is 587. The zero-order valence-corrected chi connectivity index (χ0v) is 15.0. The van der Waals surface area contributed by atoms with Crippen molar-refractivity contribution in [2.45, 2.75) is 0 Å². The van der Waals surface area contributed by atoms with Crippen LogP contribution in [0.2, 0.25) is 0 Å². The number of hydrogen-bond acceptors (Lipinski definition) is 2. The number of guanidine groups is 1. The van der Waals surface area contributed by atoms with Crippen LogP contribution in [0.25, 0.3) is 10.9 Å². The zero-order valence-electron chi connectivity index (χ0n) is 12.4. The van der Waals surface area contributed by atoms with Crippen LogP contribution in [0, 0.1) is 0 Å². The van der Waals surface area contributed by atoms with E-state index in [1.165, 1.54) is 0 Å². The Morgan fingerprint density at radius 3 is 2.19 bits per heavy atom. The van der Waals surface area contributed by atoms with E-state index in [9.17, 15) is 0 Å². The molecule has 21 heavy (non-hydrogen) atoms. The van der Waals surface area contributed by atoms with Crippen LogP contribution in [0.5, 0.6) is 0 Å². The second kappa shape index (κ2) is 9.11. The molecule has 1 heterocycles. The predicted octanol–water partition coefficient (Wildman–Crippen LogP) is 3.72. The molecule has 0 spiro atoms. The summed E-state index contributed by atoms with van der Waals surface area (Å²) in [6.45, 7) is 0. The van der Waals surface area contributed by atoms with E-state index in [0.29, 0.717) is 0 Å². The standard InChI is InChI=1S/C14H18N4.2ClH.Fe/c1-17(2)14(18(3)4)16-12-9-5-7-11-8-6-10-15-13(11)12;;;/h5-10H,1-4H3;2*1H;/q;;;+2/p-2. The van der Waals surface area contributed by atoms with Gasteiger partial charge in [-0.25, -0.2) is 4.99 Å². The Balaban J connectivity index is 0.000000677. The van der Waals surface area contributed by atoms with E-state index in [1.807, 2.05) is 68.3 Å². The number of nitrogens with zero attached hydrogens (tertiary/aromatic N) is 4. The normalized spacial score (nSPS) is 9.81. The molecule has 0 bridgehead atoms. The topological polar surface area (TPSA) is 31.7 Å². The van der Waals surface area contributed by atoms with Gasteiger partial charge in [0.15, 0.2) is 0 Å². The van der Waals surface area contributed by atoms with Crippen molar-refractivity contribution in [2.75, 3.05) is 28.2 Å². The molecule has 1 aromatic heterocycles. The molecule has 4 nitrogen and oxygen atoms in total. The SMILES string of the molecule is CN(C)C(=Nc1cccc2cccnc12)N(C)C.[Cl][Fe][Cl]. The molecule has 0 saturated carbocycles. The van der Waals surface area contributed by atoms with E-state index in [2.05, 4.69) is 4.98 Å². The summed E-state index contributed by atoms with van der Waals surface area (Å²) in [6.07, 6.45) is 1.80. The number of pyridine rings is 1. The van der Waals surface area contributed by atoms with Crippen LogP contribution in [0.1, 0.15) is 0 Å². The molecule has 2 aromatic rings. The molecule has 0 atom stereocenters. The van der Waals surface area contributed by atoms with Gasteiger partial charge in [0.25, 0.3) is 0 Å². The number of aliphatic imine (C=N–C) groups is 1. The molecule has 0 unspecified atom stereocenters. The first kappa shape index (κ1) is 18.0. The average molecular weight is 369 g/mol. The maximum absolute atomic E-state index is 4.76. The van der Waals surface area contributed by atoms with Gasteiger partial charge in [-0.15, -0.1) is 0 Å². The Morgan fingerprint density at radius 1 is 1.05 bits per heavy atom. The van der Waals surface area contributed by atoms with Crippen molar-refractivity contribution >= 4 is 42.7 Å². The Kier molecular flexibility index (Phi) is 7.83. The number of aromatic nitrogens is 1. The van der Waals surface area contributed by atoms with Gasteiger partial charge in [-0.3, -0.25) is 4.98 Å². The molecule has 1 aromatic carbocycles. The number of para-hydroxylation sites is 1. The summed E-state index contributed by atoms with van der Waals surface area (Å²) in [4.78, 5) is 13.1. The van der Waals surface area contributed by atoms with Crippen LogP contribution in [0.4, 0.5) is 5.69 Å². The number of halogens is 2.